The quantitative estimate of drug-likeness (QED) is 0.758. The first-order chi connectivity index (χ1) is 9.89. The predicted molar refractivity (Wildman–Crippen MR) is 74.1 cm³/mol. The molecule has 112 valence electrons. The summed E-state index contributed by atoms with van der Waals surface area (Å²) >= 11 is 0. The molecule has 0 saturated carbocycles. The molecule has 1 atom stereocenters. The van der Waals surface area contributed by atoms with Gasteiger partial charge in [-0.2, -0.15) is 4.72 Å². The molecule has 1 unspecified atom stereocenters. The van der Waals surface area contributed by atoms with Gasteiger partial charge < -0.3 is 9.42 Å². The number of hydrogen-bond donors (Lipinski definition) is 2. The Morgan fingerprint density at radius 1 is 1.19 bits per heavy atom. The first kappa shape index (κ1) is 15.6. The lowest BCUT2D eigenvalue weighted by Crippen LogP contribution is -2.25. The van der Waals surface area contributed by atoms with Crippen molar-refractivity contribution in [1.82, 2.24) is 14.7 Å². The van der Waals surface area contributed by atoms with Crippen LogP contribution in [-0.4, -0.2) is 29.6 Å². The zero-order valence-electron chi connectivity index (χ0n) is 10.7. The number of pyridine rings is 2. The number of sulfonamides is 1. The van der Waals surface area contributed by atoms with Crippen molar-refractivity contribution < 1.29 is 22.4 Å². The smallest absolute Gasteiger partial charge is 0.391 e. The fourth-order valence-electron chi connectivity index (χ4n) is 1.35. The minimum Gasteiger partial charge on any atom is -0.424 e. The summed E-state index contributed by atoms with van der Waals surface area (Å²) in [5.41, 5.74) is 0. The Morgan fingerprint density at radius 2 is 1.90 bits per heavy atom. The molecule has 0 spiro atoms. The van der Waals surface area contributed by atoms with Gasteiger partial charge >= 0.3 is 7.60 Å². The van der Waals surface area contributed by atoms with E-state index < -0.39 is 23.9 Å². The third-order valence-corrected chi connectivity index (χ3v) is 4.95. The maximum atomic E-state index is 11.9. The van der Waals surface area contributed by atoms with Crippen molar-refractivity contribution in [3.63, 3.8) is 0 Å². The molecule has 2 aromatic rings. The Bertz CT molecular complexity index is 739. The van der Waals surface area contributed by atoms with Gasteiger partial charge in [0.15, 0.2) is 0 Å². The van der Waals surface area contributed by atoms with Crippen molar-refractivity contribution in [3.05, 3.63) is 49.1 Å². The van der Waals surface area contributed by atoms with Gasteiger partial charge in [0.25, 0.3) is 0 Å². The van der Waals surface area contributed by atoms with Crippen LogP contribution in [0.5, 0.6) is 5.75 Å². The number of hydrogen-bond acceptors (Lipinski definition) is 6. The zero-order chi connectivity index (χ0) is 15.3. The van der Waals surface area contributed by atoms with Gasteiger partial charge in [0.2, 0.25) is 10.0 Å². The molecule has 0 aromatic carbocycles. The lowest BCUT2D eigenvalue weighted by molar-refractivity contribution is 0.377. The van der Waals surface area contributed by atoms with Crippen LogP contribution in [-0.2, 0) is 14.6 Å². The molecule has 0 aliphatic heterocycles. The number of nitrogens with zero attached hydrogens (tertiary/aromatic N) is 2. The molecular weight excluding hydrogens is 317 g/mol. The van der Waals surface area contributed by atoms with Crippen LogP contribution in [0.25, 0.3) is 0 Å². The maximum absolute atomic E-state index is 11.9. The maximum Gasteiger partial charge on any atom is 0.391 e. The molecule has 0 bridgehead atoms. The van der Waals surface area contributed by atoms with Crippen LogP contribution in [0.3, 0.4) is 0 Å². The van der Waals surface area contributed by atoms with Gasteiger partial charge in [-0.05, 0) is 24.3 Å². The third kappa shape index (κ3) is 4.61. The van der Waals surface area contributed by atoms with E-state index in [1.807, 2.05) is 4.72 Å². The van der Waals surface area contributed by atoms with Gasteiger partial charge in [0.1, 0.15) is 16.9 Å². The van der Waals surface area contributed by atoms with Crippen LogP contribution in [0.4, 0.5) is 0 Å². The zero-order valence-corrected chi connectivity index (χ0v) is 12.4. The summed E-state index contributed by atoms with van der Waals surface area (Å²) in [6.45, 7) is 0. The average molecular weight is 329 g/mol. The average Bonchev–Trinajstić information content (AvgIpc) is 2.47. The molecule has 10 heteroatoms. The van der Waals surface area contributed by atoms with E-state index in [1.165, 1.54) is 42.9 Å². The highest BCUT2D eigenvalue weighted by Crippen LogP contribution is 2.41. The van der Waals surface area contributed by atoms with Gasteiger partial charge in [0, 0.05) is 24.8 Å². The lowest BCUT2D eigenvalue weighted by Gasteiger charge is -2.14. The molecule has 2 N–H and O–H groups in total. The molecule has 8 nitrogen and oxygen atoms in total. The molecule has 2 rings (SSSR count). The second-order valence-corrected chi connectivity index (χ2v) is 7.45. The van der Waals surface area contributed by atoms with Crippen molar-refractivity contribution in [2.45, 2.75) is 4.90 Å². The molecule has 0 saturated heterocycles. The SMILES string of the molecule is O=P(O)(CNS(=O)(=O)c1cccnc1)Oc1ccncc1. The van der Waals surface area contributed by atoms with Crippen molar-refractivity contribution in [3.8, 4) is 5.75 Å². The van der Waals surface area contributed by atoms with Crippen LogP contribution >= 0.6 is 7.60 Å². The normalized spacial score (nSPS) is 14.3. The van der Waals surface area contributed by atoms with E-state index in [2.05, 4.69) is 9.97 Å². The molecule has 0 amide bonds. The van der Waals surface area contributed by atoms with Gasteiger partial charge in [0.05, 0.1) is 0 Å². The van der Waals surface area contributed by atoms with Crippen LogP contribution in [0.2, 0.25) is 0 Å². The van der Waals surface area contributed by atoms with E-state index in [-0.39, 0.29) is 10.6 Å². The fourth-order valence-corrected chi connectivity index (χ4v) is 3.82. The van der Waals surface area contributed by atoms with Crippen molar-refractivity contribution in [2.75, 3.05) is 6.29 Å². The molecule has 0 aliphatic carbocycles. The summed E-state index contributed by atoms with van der Waals surface area (Å²) in [5, 5.41) is 0. The summed E-state index contributed by atoms with van der Waals surface area (Å²) in [6.07, 6.45) is 4.56. The molecule has 21 heavy (non-hydrogen) atoms. The number of rotatable bonds is 6. The Labute approximate surface area is 121 Å². The molecule has 0 fully saturated rings. The van der Waals surface area contributed by atoms with E-state index in [0.717, 1.165) is 6.20 Å². The Kier molecular flexibility index (Phi) is 4.69. The van der Waals surface area contributed by atoms with E-state index >= 15 is 0 Å². The molecular formula is C11H12N3O5PS. The summed E-state index contributed by atoms with van der Waals surface area (Å²) in [5.74, 6) is 0.122. The van der Waals surface area contributed by atoms with E-state index in [1.54, 1.807) is 0 Å². The fraction of sp³-hybridized carbons (Fsp3) is 0.0909. The van der Waals surface area contributed by atoms with E-state index in [9.17, 15) is 17.9 Å². The largest absolute Gasteiger partial charge is 0.424 e. The van der Waals surface area contributed by atoms with Crippen molar-refractivity contribution >= 4 is 17.6 Å². The first-order valence-corrected chi connectivity index (χ1v) is 8.95. The minimum atomic E-state index is -4.17. The van der Waals surface area contributed by atoms with Gasteiger partial charge in [-0.3, -0.25) is 9.97 Å². The highest BCUT2D eigenvalue weighted by atomic mass is 32.2. The summed E-state index contributed by atoms with van der Waals surface area (Å²) in [6, 6.07) is 5.54. The summed E-state index contributed by atoms with van der Waals surface area (Å²) in [7, 11) is -8.09. The Hall–Kier alpha value is -1.80. The van der Waals surface area contributed by atoms with Crippen molar-refractivity contribution in [2.24, 2.45) is 0 Å². The predicted octanol–water partition coefficient (Wildman–Crippen LogP) is 0.977. The van der Waals surface area contributed by atoms with E-state index in [0.29, 0.717) is 0 Å². The highest BCUT2D eigenvalue weighted by molar-refractivity contribution is 7.89. The molecule has 0 radical (unpaired) electrons. The minimum absolute atomic E-state index is 0.103. The summed E-state index contributed by atoms with van der Waals surface area (Å²) in [4.78, 5) is 17.0. The van der Waals surface area contributed by atoms with Gasteiger partial charge in [-0.15, -0.1) is 0 Å². The Balaban J connectivity index is 2.03. The highest BCUT2D eigenvalue weighted by Gasteiger charge is 2.25. The lowest BCUT2D eigenvalue weighted by atomic mass is 10.5. The second kappa shape index (κ2) is 6.31. The van der Waals surface area contributed by atoms with Gasteiger partial charge in [-0.1, -0.05) is 0 Å². The van der Waals surface area contributed by atoms with Crippen molar-refractivity contribution in [1.29, 1.82) is 0 Å². The van der Waals surface area contributed by atoms with Crippen LogP contribution in [0.1, 0.15) is 0 Å². The second-order valence-electron chi connectivity index (χ2n) is 3.91. The van der Waals surface area contributed by atoms with Crippen LogP contribution < -0.4 is 9.25 Å². The first-order valence-electron chi connectivity index (χ1n) is 5.70. The number of aromatic nitrogens is 2. The summed E-state index contributed by atoms with van der Waals surface area (Å²) < 4.78 is 42.5. The third-order valence-electron chi connectivity index (χ3n) is 2.30. The Morgan fingerprint density at radius 3 is 2.52 bits per heavy atom. The van der Waals surface area contributed by atoms with Crippen LogP contribution in [0.15, 0.2) is 53.9 Å². The molecule has 0 aliphatic rings. The van der Waals surface area contributed by atoms with E-state index in [4.69, 9.17) is 4.52 Å². The van der Waals surface area contributed by atoms with Crippen LogP contribution in [0, 0.1) is 0 Å². The molecule has 2 aromatic heterocycles. The molecule has 2 heterocycles. The topological polar surface area (TPSA) is 118 Å². The number of nitrogens with one attached hydrogen (secondary N) is 1. The monoisotopic (exact) mass is 329 g/mol. The van der Waals surface area contributed by atoms with Gasteiger partial charge in [-0.25, -0.2) is 13.0 Å². The standard InChI is InChI=1S/C11H12N3O5PS/c15-20(16,19-10-3-6-12-7-4-10)9-14-21(17,18)11-2-1-5-13-8-11/h1-8,14H,9H2,(H,15,16).